The van der Waals surface area contributed by atoms with Crippen LogP contribution in [0.5, 0.6) is 0 Å². The lowest BCUT2D eigenvalue weighted by molar-refractivity contribution is 1.41. The minimum absolute atomic E-state index is 0.0679. The van der Waals surface area contributed by atoms with Gasteiger partial charge in [0.15, 0.2) is 0 Å². The van der Waals surface area contributed by atoms with Gasteiger partial charge in [0.1, 0.15) is 0 Å². The average Bonchev–Trinajstić information content (AvgIpc) is 1.91. The maximum Gasteiger partial charge on any atom is 0.0875 e. The van der Waals surface area contributed by atoms with Gasteiger partial charge in [-0.25, -0.2) is 0 Å². The number of halogens is 2. The van der Waals surface area contributed by atoms with Gasteiger partial charge in [0.05, 0.1) is 5.38 Å². The van der Waals surface area contributed by atoms with Gasteiger partial charge in [-0.05, 0) is 6.08 Å². The summed E-state index contributed by atoms with van der Waals surface area (Å²) in [5, 5.41) is 0.642. The van der Waals surface area contributed by atoms with Crippen molar-refractivity contribution < 1.29 is 0 Å². The molecule has 1 atom stereocenters. The van der Waals surface area contributed by atoms with Gasteiger partial charge in [-0.15, -0.1) is 11.6 Å². The molecule has 0 spiro atoms. The molecule has 0 bridgehead atoms. The zero-order chi connectivity index (χ0) is 5.28. The lowest BCUT2D eigenvalue weighted by Crippen LogP contribution is -1.84. The molecule has 0 heterocycles. The highest BCUT2D eigenvalue weighted by Crippen LogP contribution is 2.20. The predicted molar refractivity (Wildman–Crippen MR) is 32.7 cm³/mol. The van der Waals surface area contributed by atoms with E-state index in [1.807, 2.05) is 12.2 Å². The number of allylic oxidation sites excluding steroid dienone is 4. The zero-order valence-electron chi connectivity index (χ0n) is 3.57. The second-order valence-electron chi connectivity index (χ2n) is 1.34. The first-order chi connectivity index (χ1) is 3.30. The Morgan fingerprint density at radius 3 is 2.43 bits per heavy atom. The molecular weight excluding hydrogens is 131 g/mol. The molecule has 1 unspecified atom stereocenters. The Hall–Kier alpha value is 0.0600. The molecule has 0 radical (unpaired) electrons. The summed E-state index contributed by atoms with van der Waals surface area (Å²) < 4.78 is 0. The summed E-state index contributed by atoms with van der Waals surface area (Å²) in [6.07, 6.45) is 5.48. The Labute approximate surface area is 52.4 Å². The van der Waals surface area contributed by atoms with E-state index in [1.54, 1.807) is 6.08 Å². The highest BCUT2D eigenvalue weighted by atomic mass is 35.5. The van der Waals surface area contributed by atoms with E-state index in [0.29, 0.717) is 5.03 Å². The normalized spacial score (nSPS) is 28.3. The summed E-state index contributed by atoms with van der Waals surface area (Å²) in [7, 11) is 0. The second-order valence-corrected chi connectivity index (χ2v) is 2.24. The molecule has 2 heteroatoms. The number of rotatable bonds is 0. The number of hydrogen-bond acceptors (Lipinski definition) is 0. The molecule has 38 valence electrons. The molecule has 1 aliphatic rings. The number of hydrogen-bond donors (Lipinski definition) is 0. The third-order valence-electron chi connectivity index (χ3n) is 0.799. The van der Waals surface area contributed by atoms with E-state index in [4.69, 9.17) is 23.2 Å². The Bertz CT molecular complexity index is 124. The molecule has 0 fully saturated rings. The van der Waals surface area contributed by atoms with Gasteiger partial charge >= 0.3 is 0 Å². The Balaban J connectivity index is 2.69. The first-order valence-electron chi connectivity index (χ1n) is 1.98. The maximum atomic E-state index is 5.58. The van der Waals surface area contributed by atoms with Crippen LogP contribution in [0, 0.1) is 0 Å². The van der Waals surface area contributed by atoms with Crippen molar-refractivity contribution >= 4 is 23.2 Å². The lowest BCUT2D eigenvalue weighted by atomic mass is 10.5. The number of alkyl halides is 1. The summed E-state index contributed by atoms with van der Waals surface area (Å²) in [6, 6.07) is 0. The topological polar surface area (TPSA) is 0 Å². The van der Waals surface area contributed by atoms with Gasteiger partial charge in [0.25, 0.3) is 0 Å². The summed E-state index contributed by atoms with van der Waals surface area (Å²) in [5.41, 5.74) is 0. The van der Waals surface area contributed by atoms with Crippen molar-refractivity contribution in [2.75, 3.05) is 0 Å². The van der Waals surface area contributed by atoms with Crippen molar-refractivity contribution in [3.05, 3.63) is 23.3 Å². The molecule has 0 saturated carbocycles. The molecule has 7 heavy (non-hydrogen) atoms. The maximum absolute atomic E-state index is 5.58. The first kappa shape index (κ1) is 5.20. The standard InChI is InChI=1S/C5H4Cl2/c6-4-2-1-3-5(4)7/h1-4H. The van der Waals surface area contributed by atoms with E-state index in [1.165, 1.54) is 0 Å². The monoisotopic (exact) mass is 134 g/mol. The Morgan fingerprint density at radius 2 is 2.29 bits per heavy atom. The van der Waals surface area contributed by atoms with Crippen LogP contribution in [0.4, 0.5) is 0 Å². The van der Waals surface area contributed by atoms with Crippen molar-refractivity contribution in [1.82, 2.24) is 0 Å². The van der Waals surface area contributed by atoms with Crippen molar-refractivity contribution in [3.8, 4) is 0 Å². The molecule has 0 amide bonds. The molecule has 0 aromatic rings. The summed E-state index contributed by atoms with van der Waals surface area (Å²) >= 11 is 11.1. The molecule has 0 aromatic heterocycles. The third kappa shape index (κ3) is 0.987. The van der Waals surface area contributed by atoms with Crippen LogP contribution in [-0.2, 0) is 0 Å². The highest BCUT2D eigenvalue weighted by Gasteiger charge is 2.06. The second kappa shape index (κ2) is 1.89. The van der Waals surface area contributed by atoms with Crippen LogP contribution in [0.3, 0.4) is 0 Å². The smallest absolute Gasteiger partial charge is 0.0875 e. The lowest BCUT2D eigenvalue weighted by Gasteiger charge is -1.90. The van der Waals surface area contributed by atoms with Crippen molar-refractivity contribution in [2.24, 2.45) is 0 Å². The Kier molecular flexibility index (Phi) is 1.40. The van der Waals surface area contributed by atoms with Crippen LogP contribution in [0.25, 0.3) is 0 Å². The van der Waals surface area contributed by atoms with Crippen molar-refractivity contribution in [1.29, 1.82) is 0 Å². The van der Waals surface area contributed by atoms with E-state index in [2.05, 4.69) is 0 Å². The fraction of sp³-hybridized carbons (Fsp3) is 0.200. The van der Waals surface area contributed by atoms with E-state index in [9.17, 15) is 0 Å². The predicted octanol–water partition coefficient (Wildman–Crippen LogP) is 2.29. The van der Waals surface area contributed by atoms with Crippen LogP contribution >= 0.6 is 23.2 Å². The SMILES string of the molecule is ClC1=CC=CC1Cl. The molecule has 0 nitrogen and oxygen atoms in total. The molecular formula is C5H4Cl2. The Morgan fingerprint density at radius 1 is 1.57 bits per heavy atom. The molecule has 0 saturated heterocycles. The largest absolute Gasteiger partial charge is 0.112 e. The molecule has 0 aliphatic heterocycles. The summed E-state index contributed by atoms with van der Waals surface area (Å²) in [6.45, 7) is 0. The van der Waals surface area contributed by atoms with Crippen LogP contribution in [0.15, 0.2) is 23.3 Å². The van der Waals surface area contributed by atoms with Crippen LogP contribution < -0.4 is 0 Å². The van der Waals surface area contributed by atoms with E-state index >= 15 is 0 Å². The molecule has 1 rings (SSSR count). The van der Waals surface area contributed by atoms with Gasteiger partial charge in [-0.1, -0.05) is 23.8 Å². The van der Waals surface area contributed by atoms with E-state index in [0.717, 1.165) is 0 Å². The quantitative estimate of drug-likeness (QED) is 0.447. The molecule has 0 aromatic carbocycles. The fourth-order valence-electron chi connectivity index (χ4n) is 0.429. The molecule has 0 N–H and O–H groups in total. The fourth-order valence-corrected chi connectivity index (χ4v) is 0.731. The van der Waals surface area contributed by atoms with Gasteiger partial charge in [0.2, 0.25) is 0 Å². The molecule has 1 aliphatic carbocycles. The van der Waals surface area contributed by atoms with Crippen molar-refractivity contribution in [2.45, 2.75) is 5.38 Å². The van der Waals surface area contributed by atoms with Gasteiger partial charge in [-0.3, -0.25) is 0 Å². The van der Waals surface area contributed by atoms with Crippen LogP contribution in [0.1, 0.15) is 0 Å². The van der Waals surface area contributed by atoms with E-state index in [-0.39, 0.29) is 5.38 Å². The summed E-state index contributed by atoms with van der Waals surface area (Å²) in [4.78, 5) is 0. The third-order valence-corrected chi connectivity index (χ3v) is 1.65. The minimum Gasteiger partial charge on any atom is -0.112 e. The van der Waals surface area contributed by atoms with E-state index < -0.39 is 0 Å². The van der Waals surface area contributed by atoms with Gasteiger partial charge < -0.3 is 0 Å². The zero-order valence-corrected chi connectivity index (χ0v) is 5.08. The highest BCUT2D eigenvalue weighted by molar-refractivity contribution is 6.38. The first-order valence-corrected chi connectivity index (χ1v) is 2.80. The minimum atomic E-state index is -0.0679. The average molecular weight is 135 g/mol. The summed E-state index contributed by atoms with van der Waals surface area (Å²) in [5.74, 6) is 0. The van der Waals surface area contributed by atoms with Crippen molar-refractivity contribution in [3.63, 3.8) is 0 Å². The van der Waals surface area contributed by atoms with Crippen LogP contribution in [-0.4, -0.2) is 5.38 Å². The van der Waals surface area contributed by atoms with Gasteiger partial charge in [-0.2, -0.15) is 0 Å². The van der Waals surface area contributed by atoms with Crippen LogP contribution in [0.2, 0.25) is 0 Å². The van der Waals surface area contributed by atoms with Gasteiger partial charge in [0, 0.05) is 5.03 Å².